The Bertz CT molecular complexity index is 155. The van der Waals surface area contributed by atoms with E-state index in [1.807, 2.05) is 0 Å². The fourth-order valence-electron chi connectivity index (χ4n) is 2.05. The first-order valence-electron chi connectivity index (χ1n) is 6.72. The summed E-state index contributed by atoms with van der Waals surface area (Å²) < 4.78 is 10.7. The van der Waals surface area contributed by atoms with E-state index in [0.717, 1.165) is 12.8 Å². The Morgan fingerprint density at radius 2 is 1.88 bits per heavy atom. The molecule has 16 heavy (non-hydrogen) atoms. The van der Waals surface area contributed by atoms with Crippen LogP contribution in [0.25, 0.3) is 0 Å². The molecule has 0 spiro atoms. The second-order valence-electron chi connectivity index (χ2n) is 4.61. The first kappa shape index (κ1) is 13.9. The number of hydrogen-bond donors (Lipinski definition) is 1. The zero-order valence-electron chi connectivity index (χ0n) is 10.5. The predicted octanol–water partition coefficient (Wildman–Crippen LogP) is 2.51. The van der Waals surface area contributed by atoms with Crippen LogP contribution in [0.1, 0.15) is 51.9 Å². The number of hydrogen-bond acceptors (Lipinski definition) is 3. The van der Waals surface area contributed by atoms with Crippen molar-refractivity contribution in [2.24, 2.45) is 0 Å². The third-order valence-corrected chi connectivity index (χ3v) is 3.12. The molecule has 1 heterocycles. The van der Waals surface area contributed by atoms with Crippen LogP contribution in [0.15, 0.2) is 0 Å². The molecule has 0 saturated carbocycles. The summed E-state index contributed by atoms with van der Waals surface area (Å²) in [5.74, 6) is 0. The molecule has 2 unspecified atom stereocenters. The van der Waals surface area contributed by atoms with Crippen LogP contribution in [0.4, 0.5) is 0 Å². The summed E-state index contributed by atoms with van der Waals surface area (Å²) in [5, 5.41) is 9.87. The summed E-state index contributed by atoms with van der Waals surface area (Å²) in [6.07, 6.45) is 7.99. The molecule has 1 N–H and O–H groups in total. The van der Waals surface area contributed by atoms with E-state index in [0.29, 0.717) is 19.8 Å². The summed E-state index contributed by atoms with van der Waals surface area (Å²) >= 11 is 0. The third-order valence-electron chi connectivity index (χ3n) is 3.12. The fraction of sp³-hybridized carbons (Fsp3) is 1.00. The Hall–Kier alpha value is -0.120. The van der Waals surface area contributed by atoms with Crippen LogP contribution >= 0.6 is 0 Å². The number of unbranched alkanes of at least 4 members (excludes halogenated alkanes) is 5. The van der Waals surface area contributed by atoms with E-state index in [1.165, 1.54) is 32.1 Å². The quantitative estimate of drug-likeness (QED) is 0.651. The molecule has 0 radical (unpaired) electrons. The summed E-state index contributed by atoms with van der Waals surface area (Å²) in [6, 6.07) is 0. The van der Waals surface area contributed by atoms with Crippen LogP contribution in [-0.4, -0.2) is 37.1 Å². The van der Waals surface area contributed by atoms with Crippen molar-refractivity contribution in [2.45, 2.75) is 64.1 Å². The lowest BCUT2D eigenvalue weighted by molar-refractivity contribution is -0.133. The molecule has 0 aliphatic carbocycles. The van der Waals surface area contributed by atoms with Crippen molar-refractivity contribution < 1.29 is 14.6 Å². The van der Waals surface area contributed by atoms with Gasteiger partial charge in [0.2, 0.25) is 0 Å². The van der Waals surface area contributed by atoms with Gasteiger partial charge in [-0.3, -0.25) is 0 Å². The Kier molecular flexibility index (Phi) is 7.81. The lowest BCUT2D eigenvalue weighted by Gasteiger charge is -2.27. The number of rotatable bonds is 8. The second-order valence-corrected chi connectivity index (χ2v) is 4.61. The molecular formula is C13H26O3. The molecule has 0 bridgehead atoms. The molecule has 0 aromatic heterocycles. The zero-order valence-corrected chi connectivity index (χ0v) is 10.5. The molecule has 96 valence electrons. The summed E-state index contributed by atoms with van der Waals surface area (Å²) in [4.78, 5) is 0. The van der Waals surface area contributed by atoms with Crippen LogP contribution < -0.4 is 0 Å². The van der Waals surface area contributed by atoms with Crippen molar-refractivity contribution in [3.8, 4) is 0 Å². The van der Waals surface area contributed by atoms with E-state index in [1.54, 1.807) is 0 Å². The van der Waals surface area contributed by atoms with Gasteiger partial charge in [-0.05, 0) is 6.42 Å². The minimum atomic E-state index is -0.341. The fourth-order valence-corrected chi connectivity index (χ4v) is 2.05. The molecule has 0 aromatic carbocycles. The maximum absolute atomic E-state index is 9.87. The number of aliphatic hydroxyl groups excluding tert-OH is 1. The van der Waals surface area contributed by atoms with Gasteiger partial charge in [-0.15, -0.1) is 0 Å². The Morgan fingerprint density at radius 3 is 2.56 bits per heavy atom. The highest BCUT2D eigenvalue weighted by Crippen LogP contribution is 2.13. The van der Waals surface area contributed by atoms with Gasteiger partial charge in [0.25, 0.3) is 0 Å². The van der Waals surface area contributed by atoms with Crippen LogP contribution in [0.2, 0.25) is 0 Å². The minimum Gasteiger partial charge on any atom is -0.390 e. The molecule has 1 fully saturated rings. The predicted molar refractivity (Wildman–Crippen MR) is 64.6 cm³/mol. The van der Waals surface area contributed by atoms with Gasteiger partial charge in [0, 0.05) is 0 Å². The van der Waals surface area contributed by atoms with Crippen LogP contribution in [0.3, 0.4) is 0 Å². The van der Waals surface area contributed by atoms with Crippen LogP contribution in [-0.2, 0) is 9.47 Å². The highest BCUT2D eigenvalue weighted by molar-refractivity contribution is 4.71. The van der Waals surface area contributed by atoms with Gasteiger partial charge in [0.1, 0.15) is 6.10 Å². The van der Waals surface area contributed by atoms with Crippen molar-refractivity contribution in [3.05, 3.63) is 0 Å². The zero-order chi connectivity index (χ0) is 11.6. The van der Waals surface area contributed by atoms with Gasteiger partial charge >= 0.3 is 0 Å². The highest BCUT2D eigenvalue weighted by Gasteiger charge is 2.22. The molecule has 1 aliphatic heterocycles. The van der Waals surface area contributed by atoms with Crippen LogP contribution in [0.5, 0.6) is 0 Å². The minimum absolute atomic E-state index is 0.0932. The Balaban J connectivity index is 1.94. The van der Waals surface area contributed by atoms with Gasteiger partial charge in [-0.2, -0.15) is 0 Å². The average Bonchev–Trinajstić information content (AvgIpc) is 2.34. The van der Waals surface area contributed by atoms with Gasteiger partial charge in [-0.25, -0.2) is 0 Å². The third kappa shape index (κ3) is 5.83. The van der Waals surface area contributed by atoms with Crippen molar-refractivity contribution >= 4 is 0 Å². The van der Waals surface area contributed by atoms with Crippen molar-refractivity contribution in [1.82, 2.24) is 0 Å². The molecule has 1 rings (SSSR count). The molecule has 0 amide bonds. The van der Waals surface area contributed by atoms with Crippen molar-refractivity contribution in [1.29, 1.82) is 0 Å². The van der Waals surface area contributed by atoms with E-state index in [4.69, 9.17) is 9.47 Å². The van der Waals surface area contributed by atoms with Crippen molar-refractivity contribution in [2.75, 3.05) is 19.8 Å². The molecule has 1 saturated heterocycles. The van der Waals surface area contributed by atoms with Gasteiger partial charge in [0.15, 0.2) is 0 Å². The summed E-state index contributed by atoms with van der Waals surface area (Å²) in [5.41, 5.74) is 0. The monoisotopic (exact) mass is 230 g/mol. The van der Waals surface area contributed by atoms with E-state index in [2.05, 4.69) is 6.92 Å². The van der Waals surface area contributed by atoms with Gasteiger partial charge in [0.05, 0.1) is 25.9 Å². The summed E-state index contributed by atoms with van der Waals surface area (Å²) in [6.45, 7) is 4.07. The average molecular weight is 230 g/mol. The maximum atomic E-state index is 9.87. The number of aliphatic hydroxyl groups is 1. The SMILES string of the molecule is CCCCCCCCC(O)C1COCCO1. The van der Waals surface area contributed by atoms with E-state index < -0.39 is 0 Å². The Morgan fingerprint density at radius 1 is 1.12 bits per heavy atom. The lowest BCUT2D eigenvalue weighted by Crippen LogP contribution is -2.38. The molecule has 3 nitrogen and oxygen atoms in total. The molecule has 2 atom stereocenters. The van der Waals surface area contributed by atoms with Crippen LogP contribution in [0, 0.1) is 0 Å². The van der Waals surface area contributed by atoms with E-state index in [9.17, 15) is 5.11 Å². The first-order chi connectivity index (χ1) is 7.84. The smallest absolute Gasteiger partial charge is 0.107 e. The topological polar surface area (TPSA) is 38.7 Å². The van der Waals surface area contributed by atoms with Gasteiger partial charge in [-0.1, -0.05) is 45.4 Å². The van der Waals surface area contributed by atoms with Crippen molar-refractivity contribution in [3.63, 3.8) is 0 Å². The standard InChI is InChI=1S/C13H26O3/c1-2-3-4-5-6-7-8-12(14)13-11-15-9-10-16-13/h12-14H,2-11H2,1H3. The van der Waals surface area contributed by atoms with Gasteiger partial charge < -0.3 is 14.6 Å². The Labute approximate surface area is 99.1 Å². The molecule has 0 aromatic rings. The van der Waals surface area contributed by atoms with E-state index >= 15 is 0 Å². The number of ether oxygens (including phenoxy) is 2. The lowest BCUT2D eigenvalue weighted by atomic mass is 10.0. The molecule has 1 aliphatic rings. The maximum Gasteiger partial charge on any atom is 0.107 e. The largest absolute Gasteiger partial charge is 0.390 e. The normalized spacial score (nSPS) is 23.2. The second kappa shape index (κ2) is 8.97. The molecular weight excluding hydrogens is 204 g/mol. The molecule has 3 heteroatoms. The highest BCUT2D eigenvalue weighted by atomic mass is 16.6. The van der Waals surface area contributed by atoms with E-state index in [-0.39, 0.29) is 12.2 Å². The summed E-state index contributed by atoms with van der Waals surface area (Å²) in [7, 11) is 0. The first-order valence-corrected chi connectivity index (χ1v) is 6.72.